The standard InChI is InChI=1S/C13H15FN4O/c1-8-10(14)5-9(6-11(8)15)13(19)18(2)7-12-16-3-4-17-12/h3-6H,7,15H2,1-2H3,(H,16,17). The van der Waals surface area contributed by atoms with Gasteiger partial charge in [-0.15, -0.1) is 0 Å². The van der Waals surface area contributed by atoms with E-state index in [1.807, 2.05) is 0 Å². The molecule has 1 aromatic heterocycles. The molecule has 0 fully saturated rings. The number of carbonyl (C=O) groups excluding carboxylic acids is 1. The van der Waals surface area contributed by atoms with Gasteiger partial charge in [0.1, 0.15) is 11.6 Å². The monoisotopic (exact) mass is 262 g/mol. The first kappa shape index (κ1) is 13.1. The van der Waals surface area contributed by atoms with Crippen molar-refractivity contribution >= 4 is 11.6 Å². The molecular weight excluding hydrogens is 247 g/mol. The summed E-state index contributed by atoms with van der Waals surface area (Å²) in [5.41, 5.74) is 6.52. The number of aromatic amines is 1. The number of carbonyl (C=O) groups is 1. The zero-order chi connectivity index (χ0) is 14.0. The molecule has 100 valence electrons. The van der Waals surface area contributed by atoms with Gasteiger partial charge in [-0.1, -0.05) is 0 Å². The van der Waals surface area contributed by atoms with E-state index in [4.69, 9.17) is 5.73 Å². The number of aromatic nitrogens is 2. The van der Waals surface area contributed by atoms with Crippen molar-refractivity contribution in [1.29, 1.82) is 0 Å². The van der Waals surface area contributed by atoms with Crippen LogP contribution in [0.4, 0.5) is 10.1 Å². The van der Waals surface area contributed by atoms with Gasteiger partial charge in [-0.05, 0) is 19.1 Å². The smallest absolute Gasteiger partial charge is 0.254 e. The van der Waals surface area contributed by atoms with Crippen LogP contribution in [0.15, 0.2) is 24.5 Å². The first-order valence-corrected chi connectivity index (χ1v) is 5.78. The van der Waals surface area contributed by atoms with Crippen LogP contribution in [0.25, 0.3) is 0 Å². The van der Waals surface area contributed by atoms with Crippen LogP contribution in [0.3, 0.4) is 0 Å². The third kappa shape index (κ3) is 2.73. The maximum Gasteiger partial charge on any atom is 0.254 e. The van der Waals surface area contributed by atoms with Crippen molar-refractivity contribution in [1.82, 2.24) is 14.9 Å². The first-order valence-electron chi connectivity index (χ1n) is 5.78. The fraction of sp³-hybridized carbons (Fsp3) is 0.231. The minimum atomic E-state index is -0.477. The number of H-pyrrole nitrogens is 1. The van der Waals surface area contributed by atoms with Crippen molar-refractivity contribution in [2.75, 3.05) is 12.8 Å². The molecule has 1 amide bonds. The van der Waals surface area contributed by atoms with Crippen LogP contribution < -0.4 is 5.73 Å². The average molecular weight is 262 g/mol. The molecule has 0 radical (unpaired) electrons. The van der Waals surface area contributed by atoms with Gasteiger partial charge in [0.2, 0.25) is 0 Å². The predicted octanol–water partition coefficient (Wildman–Crippen LogP) is 1.71. The number of hydrogen-bond acceptors (Lipinski definition) is 3. The average Bonchev–Trinajstić information content (AvgIpc) is 2.87. The van der Waals surface area contributed by atoms with Crippen LogP contribution >= 0.6 is 0 Å². The lowest BCUT2D eigenvalue weighted by molar-refractivity contribution is 0.0781. The van der Waals surface area contributed by atoms with E-state index >= 15 is 0 Å². The second-order valence-electron chi connectivity index (χ2n) is 4.37. The summed E-state index contributed by atoms with van der Waals surface area (Å²) in [7, 11) is 1.62. The molecule has 2 aromatic rings. The molecule has 1 aromatic carbocycles. The van der Waals surface area contributed by atoms with Crippen molar-refractivity contribution in [2.24, 2.45) is 0 Å². The first-order chi connectivity index (χ1) is 8.99. The fourth-order valence-corrected chi connectivity index (χ4v) is 1.72. The maximum atomic E-state index is 13.6. The summed E-state index contributed by atoms with van der Waals surface area (Å²) >= 11 is 0. The minimum absolute atomic E-state index is 0.231. The van der Waals surface area contributed by atoms with Crippen LogP contribution in [0.1, 0.15) is 21.7 Å². The van der Waals surface area contributed by atoms with E-state index < -0.39 is 5.82 Å². The Kier molecular flexibility index (Phi) is 3.50. The van der Waals surface area contributed by atoms with E-state index in [1.54, 1.807) is 26.4 Å². The molecule has 3 N–H and O–H groups in total. The summed E-state index contributed by atoms with van der Waals surface area (Å²) < 4.78 is 13.6. The summed E-state index contributed by atoms with van der Waals surface area (Å²) in [6.07, 6.45) is 3.29. The predicted molar refractivity (Wildman–Crippen MR) is 69.9 cm³/mol. The summed E-state index contributed by atoms with van der Waals surface area (Å²) in [5.74, 6) is -0.117. The molecule has 1 heterocycles. The van der Waals surface area contributed by atoms with Gasteiger partial charge in [0.25, 0.3) is 5.91 Å². The SMILES string of the molecule is Cc1c(N)cc(C(=O)N(C)Cc2ncc[nH]2)cc1F. The van der Waals surface area contributed by atoms with Crippen LogP contribution in [-0.4, -0.2) is 27.8 Å². The lowest BCUT2D eigenvalue weighted by Crippen LogP contribution is -2.27. The largest absolute Gasteiger partial charge is 0.398 e. The number of imidazole rings is 1. The lowest BCUT2D eigenvalue weighted by Gasteiger charge is -2.16. The number of amides is 1. The topological polar surface area (TPSA) is 75.0 Å². The van der Waals surface area contributed by atoms with Crippen LogP contribution in [0, 0.1) is 12.7 Å². The quantitative estimate of drug-likeness (QED) is 0.827. The van der Waals surface area contributed by atoms with Gasteiger partial charge in [-0.3, -0.25) is 4.79 Å². The lowest BCUT2D eigenvalue weighted by atomic mass is 10.1. The summed E-state index contributed by atoms with van der Waals surface area (Å²) in [6, 6.07) is 2.69. The van der Waals surface area contributed by atoms with Crippen molar-refractivity contribution in [3.8, 4) is 0 Å². The molecular formula is C13H15FN4O. The molecule has 6 heteroatoms. The minimum Gasteiger partial charge on any atom is -0.398 e. The molecule has 0 aliphatic rings. The van der Waals surface area contributed by atoms with E-state index in [0.29, 0.717) is 17.9 Å². The van der Waals surface area contributed by atoms with E-state index in [9.17, 15) is 9.18 Å². The van der Waals surface area contributed by atoms with Gasteiger partial charge in [-0.2, -0.15) is 0 Å². The summed E-state index contributed by atoms with van der Waals surface area (Å²) in [5, 5.41) is 0. The number of nitrogen functional groups attached to an aromatic ring is 1. The van der Waals surface area contributed by atoms with Crippen molar-refractivity contribution < 1.29 is 9.18 Å². The van der Waals surface area contributed by atoms with Gasteiger partial charge < -0.3 is 15.6 Å². The molecule has 0 saturated heterocycles. The highest BCUT2D eigenvalue weighted by Crippen LogP contribution is 2.18. The van der Waals surface area contributed by atoms with Gasteiger partial charge >= 0.3 is 0 Å². The molecule has 2 rings (SSSR count). The Morgan fingerprint density at radius 2 is 2.26 bits per heavy atom. The highest BCUT2D eigenvalue weighted by atomic mass is 19.1. The van der Waals surface area contributed by atoms with Gasteiger partial charge in [0.05, 0.1) is 6.54 Å². The number of anilines is 1. The Bertz CT molecular complexity index is 572. The molecule has 0 aliphatic carbocycles. The van der Waals surface area contributed by atoms with Gasteiger partial charge in [0.15, 0.2) is 0 Å². The highest BCUT2D eigenvalue weighted by Gasteiger charge is 2.16. The Hall–Kier alpha value is -2.37. The maximum absolute atomic E-state index is 13.6. The third-order valence-corrected chi connectivity index (χ3v) is 2.92. The molecule has 0 atom stereocenters. The molecule has 0 bridgehead atoms. The third-order valence-electron chi connectivity index (χ3n) is 2.92. The van der Waals surface area contributed by atoms with Crippen LogP contribution in [0.2, 0.25) is 0 Å². The Labute approximate surface area is 110 Å². The number of nitrogens with one attached hydrogen (secondary N) is 1. The number of rotatable bonds is 3. The number of benzene rings is 1. The normalized spacial score (nSPS) is 10.5. The molecule has 0 unspecified atom stereocenters. The fourth-order valence-electron chi connectivity index (χ4n) is 1.72. The second kappa shape index (κ2) is 5.09. The Morgan fingerprint density at radius 3 is 2.84 bits per heavy atom. The zero-order valence-electron chi connectivity index (χ0n) is 10.8. The van der Waals surface area contributed by atoms with E-state index in [2.05, 4.69) is 9.97 Å². The van der Waals surface area contributed by atoms with E-state index in [-0.39, 0.29) is 17.2 Å². The molecule has 5 nitrogen and oxygen atoms in total. The second-order valence-corrected chi connectivity index (χ2v) is 4.37. The van der Waals surface area contributed by atoms with Crippen LogP contribution in [0.5, 0.6) is 0 Å². The van der Waals surface area contributed by atoms with Crippen molar-refractivity contribution in [3.05, 3.63) is 47.3 Å². The number of hydrogen-bond donors (Lipinski definition) is 2. The van der Waals surface area contributed by atoms with Crippen molar-refractivity contribution in [2.45, 2.75) is 13.5 Å². The van der Waals surface area contributed by atoms with Gasteiger partial charge in [0, 0.05) is 36.3 Å². The number of halogens is 1. The zero-order valence-corrected chi connectivity index (χ0v) is 10.8. The highest BCUT2D eigenvalue weighted by molar-refractivity contribution is 5.95. The van der Waals surface area contributed by atoms with E-state index in [0.717, 1.165) is 0 Å². The van der Waals surface area contributed by atoms with Crippen molar-refractivity contribution in [3.63, 3.8) is 0 Å². The Morgan fingerprint density at radius 1 is 1.53 bits per heavy atom. The molecule has 0 saturated carbocycles. The number of nitrogens with two attached hydrogens (primary N) is 1. The van der Waals surface area contributed by atoms with Crippen LogP contribution in [-0.2, 0) is 6.54 Å². The molecule has 0 aliphatic heterocycles. The Balaban J connectivity index is 2.19. The van der Waals surface area contributed by atoms with Gasteiger partial charge in [-0.25, -0.2) is 9.37 Å². The molecule has 0 spiro atoms. The van der Waals surface area contributed by atoms with E-state index in [1.165, 1.54) is 17.0 Å². The number of nitrogens with zero attached hydrogens (tertiary/aromatic N) is 2. The summed E-state index contributed by atoms with van der Waals surface area (Å²) in [6.45, 7) is 1.90. The summed E-state index contributed by atoms with van der Waals surface area (Å²) in [4.78, 5) is 20.5. The molecule has 19 heavy (non-hydrogen) atoms.